The third-order valence-corrected chi connectivity index (χ3v) is 17.0. The molecule has 0 spiro atoms. The number of para-hydroxylation sites is 1. The summed E-state index contributed by atoms with van der Waals surface area (Å²) in [7, 11) is 0. The maximum atomic E-state index is 7.47. The Morgan fingerprint density at radius 2 is 1.06 bits per heavy atom. The van der Waals surface area contributed by atoms with Crippen molar-refractivity contribution in [2.45, 2.75) is 117 Å². The largest absolute Gasteiger partial charge is 0.455 e. The van der Waals surface area contributed by atoms with Crippen molar-refractivity contribution in [2.75, 3.05) is 9.80 Å². The summed E-state index contributed by atoms with van der Waals surface area (Å²) < 4.78 is 10.2. The van der Waals surface area contributed by atoms with Gasteiger partial charge >= 0.3 is 0 Å². The van der Waals surface area contributed by atoms with Crippen molar-refractivity contribution in [1.82, 2.24) is 0 Å². The topological polar surface area (TPSA) is 15.7 Å². The summed E-state index contributed by atoms with van der Waals surface area (Å²) in [6.45, 7) is 30.4. The van der Waals surface area contributed by atoms with E-state index in [1.807, 2.05) is 11.3 Å². The minimum absolute atomic E-state index is 0.00590. The van der Waals surface area contributed by atoms with Crippen LogP contribution >= 0.6 is 11.3 Å². The van der Waals surface area contributed by atoms with Crippen molar-refractivity contribution in [3.63, 3.8) is 0 Å². The number of anilines is 6. The number of fused-ring (bicyclic) bond motifs is 12. The van der Waals surface area contributed by atoms with E-state index in [0.29, 0.717) is 0 Å². The van der Waals surface area contributed by atoms with Crippen LogP contribution in [-0.4, -0.2) is 6.71 Å². The first-order valence-corrected chi connectivity index (χ1v) is 25.1. The minimum Gasteiger partial charge on any atom is -0.455 e. The van der Waals surface area contributed by atoms with E-state index in [4.69, 9.17) is 4.74 Å². The van der Waals surface area contributed by atoms with Crippen molar-refractivity contribution >= 4 is 78.0 Å². The van der Waals surface area contributed by atoms with Gasteiger partial charge in [-0.2, -0.15) is 0 Å². The van der Waals surface area contributed by atoms with E-state index in [0.717, 1.165) is 28.6 Å². The molecule has 3 nitrogen and oxygen atoms in total. The van der Waals surface area contributed by atoms with Gasteiger partial charge in [-0.05, 0) is 121 Å². The van der Waals surface area contributed by atoms with Gasteiger partial charge in [0.05, 0.1) is 11.4 Å². The van der Waals surface area contributed by atoms with Gasteiger partial charge in [-0.3, -0.25) is 0 Å². The molecule has 5 heteroatoms. The normalized spacial score (nSPS) is 16.1. The molecule has 67 heavy (non-hydrogen) atoms. The Hall–Kier alpha value is -6.04. The van der Waals surface area contributed by atoms with Crippen molar-refractivity contribution < 1.29 is 4.74 Å². The predicted molar refractivity (Wildman–Crippen MR) is 288 cm³/mol. The number of thiophene rings is 1. The molecular formula is C62H61BN2OS. The Labute approximate surface area is 402 Å². The zero-order chi connectivity index (χ0) is 46.9. The molecule has 1 aromatic heterocycles. The Balaban J connectivity index is 1.25. The standard InChI is InChI=1S/C62H61BN2OS/c1-58(2,3)36-22-27-39(28-23-36)64-49-31-26-38(60(7,8)9)32-48(49)63-53-50(64)34-47-56(66-51-21-17-16-20-45(51)62(47,12)13)55(53)65(40-29-24-37(25-30-40)59(4,5)6)54-43-33-42-41-18-14-15-19-44(41)61(10,11)46(42)35-52(43)67-57(54)63/h14-35H,1-13H3. The summed E-state index contributed by atoms with van der Waals surface area (Å²) in [5, 5.41) is 1.29. The quantitative estimate of drug-likeness (QED) is 0.161. The monoisotopic (exact) mass is 892 g/mol. The fourth-order valence-electron chi connectivity index (χ4n) is 11.8. The number of hydrogen-bond donors (Lipinski definition) is 0. The van der Waals surface area contributed by atoms with Gasteiger partial charge in [0.15, 0.2) is 5.75 Å². The summed E-state index contributed by atoms with van der Waals surface area (Å²) in [5.41, 5.74) is 21.2. The molecule has 0 radical (unpaired) electrons. The Bertz CT molecular complexity index is 3390. The van der Waals surface area contributed by atoms with Crippen LogP contribution in [-0.2, 0) is 27.1 Å². The summed E-state index contributed by atoms with van der Waals surface area (Å²) in [6, 6.07) is 51.5. The predicted octanol–water partition coefficient (Wildman–Crippen LogP) is 15.6. The first kappa shape index (κ1) is 42.3. The maximum absolute atomic E-state index is 7.47. The summed E-state index contributed by atoms with van der Waals surface area (Å²) in [6.07, 6.45) is 0. The van der Waals surface area contributed by atoms with Crippen molar-refractivity contribution in [1.29, 1.82) is 0 Å². The SMILES string of the molecule is CC(C)(C)c1ccc(N2c3ccc(C(C)(C)C)cc3B3c4sc5cc6c(cc5c4N(c4ccc(C(C)(C)C)cc4)c4c5c(cc2c43)C(C)(C)c2ccccc2O5)-c2ccccc2C6(C)C)cc1. The van der Waals surface area contributed by atoms with E-state index in [1.54, 1.807) is 0 Å². The second kappa shape index (κ2) is 13.8. The molecule has 0 bridgehead atoms. The van der Waals surface area contributed by atoms with Gasteiger partial charge in [-0.1, -0.05) is 169 Å². The number of rotatable bonds is 2. The van der Waals surface area contributed by atoms with E-state index in [-0.39, 0.29) is 33.8 Å². The Morgan fingerprint density at radius 3 is 1.70 bits per heavy atom. The van der Waals surface area contributed by atoms with E-state index in [1.165, 1.54) is 92.9 Å². The van der Waals surface area contributed by atoms with Gasteiger partial charge in [0.1, 0.15) is 5.75 Å². The highest BCUT2D eigenvalue weighted by Crippen LogP contribution is 2.59. The first-order chi connectivity index (χ1) is 31.6. The van der Waals surface area contributed by atoms with E-state index in [2.05, 4.69) is 233 Å². The molecule has 0 atom stereocenters. The number of benzene rings is 7. The van der Waals surface area contributed by atoms with Crippen LogP contribution < -0.4 is 30.2 Å². The molecule has 0 fully saturated rings. The van der Waals surface area contributed by atoms with Crippen LogP contribution in [0.4, 0.5) is 34.1 Å². The second-order valence-corrected chi connectivity index (χ2v) is 24.9. The second-order valence-electron chi connectivity index (χ2n) is 23.9. The lowest BCUT2D eigenvalue weighted by atomic mass is 9.35. The van der Waals surface area contributed by atoms with Crippen LogP contribution in [0.25, 0.3) is 21.2 Å². The molecule has 0 amide bonds. The number of nitrogens with zero attached hydrogens (tertiary/aromatic N) is 2. The lowest BCUT2D eigenvalue weighted by Crippen LogP contribution is -2.61. The van der Waals surface area contributed by atoms with E-state index in [9.17, 15) is 0 Å². The molecule has 0 saturated carbocycles. The minimum atomic E-state index is -0.363. The van der Waals surface area contributed by atoms with Gasteiger partial charge in [-0.15, -0.1) is 11.3 Å². The summed E-state index contributed by atoms with van der Waals surface area (Å²) >= 11 is 1.99. The fraction of sp³-hybridized carbons (Fsp3) is 0.290. The van der Waals surface area contributed by atoms with Crippen molar-refractivity contribution in [3.8, 4) is 22.6 Å². The third-order valence-electron chi connectivity index (χ3n) is 15.8. The van der Waals surface area contributed by atoms with Crippen LogP contribution in [0.15, 0.2) is 133 Å². The van der Waals surface area contributed by atoms with Crippen LogP contribution in [0.2, 0.25) is 0 Å². The third kappa shape index (κ3) is 6.02. The Kier molecular flexibility index (Phi) is 8.71. The smallest absolute Gasteiger partial charge is 0.264 e. The van der Waals surface area contributed by atoms with Crippen LogP contribution in [0, 0.1) is 0 Å². The molecule has 3 aliphatic heterocycles. The fourth-order valence-corrected chi connectivity index (χ4v) is 13.2. The molecule has 0 N–H and O–H groups in total. The highest BCUT2D eigenvalue weighted by Gasteiger charge is 2.50. The lowest BCUT2D eigenvalue weighted by molar-refractivity contribution is 0.419. The van der Waals surface area contributed by atoms with Gasteiger partial charge < -0.3 is 14.5 Å². The van der Waals surface area contributed by atoms with Gasteiger partial charge in [0, 0.05) is 59.6 Å². The molecule has 8 aromatic rings. The number of ether oxygens (including phenoxy) is 1. The molecule has 4 aliphatic rings. The number of hydrogen-bond acceptors (Lipinski definition) is 4. The van der Waals surface area contributed by atoms with Crippen LogP contribution in [0.1, 0.15) is 129 Å². The summed E-state index contributed by atoms with van der Waals surface area (Å²) in [4.78, 5) is 5.20. The van der Waals surface area contributed by atoms with Crippen LogP contribution in [0.3, 0.4) is 0 Å². The molecule has 4 heterocycles. The van der Waals surface area contributed by atoms with Gasteiger partial charge in [-0.25, -0.2) is 0 Å². The average Bonchev–Trinajstić information content (AvgIpc) is 3.76. The van der Waals surface area contributed by atoms with Gasteiger partial charge in [0.2, 0.25) is 0 Å². The lowest BCUT2D eigenvalue weighted by Gasteiger charge is -2.46. The maximum Gasteiger partial charge on any atom is 0.264 e. The van der Waals surface area contributed by atoms with Crippen LogP contribution in [0.5, 0.6) is 11.5 Å². The highest BCUT2D eigenvalue weighted by atomic mass is 32.1. The molecule has 334 valence electrons. The van der Waals surface area contributed by atoms with Crippen molar-refractivity contribution in [2.24, 2.45) is 0 Å². The first-order valence-electron chi connectivity index (χ1n) is 24.3. The van der Waals surface area contributed by atoms with E-state index < -0.39 is 0 Å². The molecule has 1 aliphatic carbocycles. The zero-order valence-corrected chi connectivity index (χ0v) is 42.3. The van der Waals surface area contributed by atoms with Crippen molar-refractivity contribution in [3.05, 3.63) is 172 Å². The summed E-state index contributed by atoms with van der Waals surface area (Å²) in [5.74, 6) is 1.87. The molecular weight excluding hydrogens is 832 g/mol. The average molecular weight is 893 g/mol. The highest BCUT2D eigenvalue weighted by molar-refractivity contribution is 7.33. The molecule has 7 aromatic carbocycles. The molecule has 0 saturated heterocycles. The molecule has 0 unspecified atom stereocenters. The molecule has 12 rings (SSSR count). The Morgan fingerprint density at radius 1 is 0.493 bits per heavy atom. The zero-order valence-electron chi connectivity index (χ0n) is 41.5. The van der Waals surface area contributed by atoms with E-state index >= 15 is 0 Å². The van der Waals surface area contributed by atoms with Gasteiger partial charge in [0.25, 0.3) is 6.71 Å².